The van der Waals surface area contributed by atoms with Gasteiger partial charge in [-0.2, -0.15) is 0 Å². The standard InChI is InChI=1S/C8H15O6P/c1-7(14-8(9)11-2)5-6-15(10,12-3)13-4/h5-7H,1-4H3/b6-5+/t7-/m0/s1. The average Bonchev–Trinajstić information content (AvgIpc) is 2.25. The molecule has 0 aliphatic heterocycles. The van der Waals surface area contributed by atoms with Gasteiger partial charge in [-0.05, 0) is 13.0 Å². The summed E-state index contributed by atoms with van der Waals surface area (Å²) in [6, 6.07) is 0. The van der Waals surface area contributed by atoms with Crippen LogP contribution >= 0.6 is 7.60 Å². The van der Waals surface area contributed by atoms with Crippen molar-refractivity contribution < 1.29 is 27.9 Å². The molecule has 0 aromatic carbocycles. The van der Waals surface area contributed by atoms with Crippen LogP contribution in [0.15, 0.2) is 11.9 Å². The van der Waals surface area contributed by atoms with Crippen LogP contribution in [0.2, 0.25) is 0 Å². The van der Waals surface area contributed by atoms with Crippen molar-refractivity contribution in [2.75, 3.05) is 21.3 Å². The number of hydrogen-bond donors (Lipinski definition) is 0. The van der Waals surface area contributed by atoms with Crippen LogP contribution in [-0.2, 0) is 23.1 Å². The van der Waals surface area contributed by atoms with E-state index in [1.54, 1.807) is 6.92 Å². The quantitative estimate of drug-likeness (QED) is 0.539. The lowest BCUT2D eigenvalue weighted by atomic mass is 10.4. The fourth-order valence-electron chi connectivity index (χ4n) is 0.662. The van der Waals surface area contributed by atoms with Crippen LogP contribution in [-0.4, -0.2) is 33.6 Å². The number of hydrogen-bond acceptors (Lipinski definition) is 6. The molecule has 0 amide bonds. The Bertz CT molecular complexity index is 266. The van der Waals surface area contributed by atoms with Crippen molar-refractivity contribution in [2.24, 2.45) is 0 Å². The van der Waals surface area contributed by atoms with E-state index >= 15 is 0 Å². The monoisotopic (exact) mass is 238 g/mol. The molecule has 0 spiro atoms. The second kappa shape index (κ2) is 6.61. The van der Waals surface area contributed by atoms with E-state index in [-0.39, 0.29) is 0 Å². The van der Waals surface area contributed by atoms with Gasteiger partial charge in [-0.3, -0.25) is 4.57 Å². The lowest BCUT2D eigenvalue weighted by Gasteiger charge is -2.10. The van der Waals surface area contributed by atoms with Crippen LogP contribution in [0.4, 0.5) is 4.79 Å². The predicted molar refractivity (Wildman–Crippen MR) is 53.7 cm³/mol. The molecule has 6 nitrogen and oxygen atoms in total. The van der Waals surface area contributed by atoms with Gasteiger partial charge in [0.15, 0.2) is 0 Å². The Hall–Kier alpha value is -0.840. The predicted octanol–water partition coefficient (Wildman–Crippen LogP) is 2.16. The summed E-state index contributed by atoms with van der Waals surface area (Å²) in [5.74, 6) is 1.22. The molecular formula is C8H15O6P. The van der Waals surface area contributed by atoms with Crippen LogP contribution in [0.3, 0.4) is 0 Å². The smallest absolute Gasteiger partial charge is 0.438 e. The Morgan fingerprint density at radius 1 is 1.27 bits per heavy atom. The van der Waals surface area contributed by atoms with E-state index < -0.39 is 19.9 Å². The van der Waals surface area contributed by atoms with Gasteiger partial charge < -0.3 is 18.5 Å². The highest BCUT2D eigenvalue weighted by molar-refractivity contribution is 7.57. The van der Waals surface area contributed by atoms with Crippen LogP contribution in [0.1, 0.15) is 6.92 Å². The lowest BCUT2D eigenvalue weighted by molar-refractivity contribution is 0.0578. The lowest BCUT2D eigenvalue weighted by Crippen LogP contribution is -2.12. The van der Waals surface area contributed by atoms with Gasteiger partial charge in [-0.1, -0.05) is 0 Å². The first-order valence-corrected chi connectivity index (χ1v) is 5.73. The Morgan fingerprint density at radius 3 is 2.20 bits per heavy atom. The summed E-state index contributed by atoms with van der Waals surface area (Å²) in [5, 5.41) is 0. The molecule has 0 unspecified atom stereocenters. The van der Waals surface area contributed by atoms with Gasteiger partial charge in [0.25, 0.3) is 0 Å². The van der Waals surface area contributed by atoms with Gasteiger partial charge in [-0.25, -0.2) is 4.79 Å². The Balaban J connectivity index is 4.27. The molecule has 15 heavy (non-hydrogen) atoms. The van der Waals surface area contributed by atoms with Crippen LogP contribution < -0.4 is 0 Å². The summed E-state index contributed by atoms with van der Waals surface area (Å²) in [7, 11) is 0.531. The van der Waals surface area contributed by atoms with E-state index in [1.807, 2.05) is 0 Å². The van der Waals surface area contributed by atoms with E-state index in [1.165, 1.54) is 33.2 Å². The van der Waals surface area contributed by atoms with E-state index in [2.05, 4.69) is 13.8 Å². The molecule has 0 aliphatic carbocycles. The molecule has 88 valence electrons. The van der Waals surface area contributed by atoms with Gasteiger partial charge in [0.05, 0.1) is 7.11 Å². The Morgan fingerprint density at radius 2 is 1.80 bits per heavy atom. The summed E-state index contributed by atoms with van der Waals surface area (Å²) in [4.78, 5) is 10.7. The van der Waals surface area contributed by atoms with Crippen molar-refractivity contribution in [3.8, 4) is 0 Å². The van der Waals surface area contributed by atoms with E-state index in [0.717, 1.165) is 0 Å². The number of carbonyl (C=O) groups is 1. The first-order valence-electron chi connectivity index (χ1n) is 4.12. The van der Waals surface area contributed by atoms with Crippen LogP contribution in [0, 0.1) is 0 Å². The molecule has 0 aromatic heterocycles. The van der Waals surface area contributed by atoms with Crippen molar-refractivity contribution >= 4 is 13.8 Å². The fourth-order valence-corrected chi connectivity index (χ4v) is 1.51. The SMILES string of the molecule is COC(=O)O[C@@H](C)/C=C/P(=O)(OC)OC. The summed E-state index contributed by atoms with van der Waals surface area (Å²) in [6.07, 6.45) is 0.0120. The molecule has 0 heterocycles. The molecule has 7 heteroatoms. The Kier molecular flexibility index (Phi) is 6.24. The molecule has 0 saturated heterocycles. The van der Waals surface area contributed by atoms with E-state index in [0.29, 0.717) is 0 Å². The molecule has 0 bridgehead atoms. The zero-order valence-corrected chi connectivity index (χ0v) is 10.0. The van der Waals surface area contributed by atoms with Crippen LogP contribution in [0.5, 0.6) is 0 Å². The summed E-state index contributed by atoms with van der Waals surface area (Å²) in [5.41, 5.74) is 0. The minimum absolute atomic E-state index is 0.573. The molecular weight excluding hydrogens is 223 g/mol. The van der Waals surface area contributed by atoms with E-state index in [9.17, 15) is 9.36 Å². The highest BCUT2D eigenvalue weighted by atomic mass is 31.2. The molecule has 0 N–H and O–H groups in total. The maximum Gasteiger partial charge on any atom is 0.508 e. The molecule has 0 saturated carbocycles. The zero-order valence-electron chi connectivity index (χ0n) is 9.13. The number of rotatable bonds is 5. The molecule has 0 aromatic rings. The van der Waals surface area contributed by atoms with Gasteiger partial charge >= 0.3 is 13.8 Å². The van der Waals surface area contributed by atoms with Crippen molar-refractivity contribution in [1.82, 2.24) is 0 Å². The molecule has 0 rings (SSSR count). The van der Waals surface area contributed by atoms with Crippen molar-refractivity contribution in [1.29, 1.82) is 0 Å². The van der Waals surface area contributed by atoms with Crippen LogP contribution in [0.25, 0.3) is 0 Å². The first kappa shape index (κ1) is 14.2. The molecule has 0 radical (unpaired) electrons. The number of carbonyl (C=O) groups excluding carboxylic acids is 1. The maximum atomic E-state index is 11.5. The van der Waals surface area contributed by atoms with Gasteiger partial charge in [-0.15, -0.1) is 0 Å². The largest absolute Gasteiger partial charge is 0.508 e. The summed E-state index contributed by atoms with van der Waals surface area (Å²) in [6.45, 7) is 1.59. The molecule has 1 atom stereocenters. The molecule has 0 aliphatic rings. The number of ether oxygens (including phenoxy) is 2. The topological polar surface area (TPSA) is 71.1 Å². The minimum Gasteiger partial charge on any atom is -0.438 e. The average molecular weight is 238 g/mol. The van der Waals surface area contributed by atoms with Gasteiger partial charge in [0.2, 0.25) is 0 Å². The maximum absolute atomic E-state index is 11.5. The summed E-state index contributed by atoms with van der Waals surface area (Å²) >= 11 is 0. The first-order chi connectivity index (χ1) is 6.97. The van der Waals surface area contributed by atoms with Crippen molar-refractivity contribution in [3.63, 3.8) is 0 Å². The second-order valence-electron chi connectivity index (χ2n) is 2.52. The van der Waals surface area contributed by atoms with E-state index in [4.69, 9.17) is 4.74 Å². The molecule has 0 fully saturated rings. The van der Waals surface area contributed by atoms with Crippen molar-refractivity contribution in [2.45, 2.75) is 13.0 Å². The third-order valence-corrected chi connectivity index (χ3v) is 3.05. The third-order valence-electron chi connectivity index (χ3n) is 1.50. The van der Waals surface area contributed by atoms with Gasteiger partial charge in [0, 0.05) is 20.0 Å². The summed E-state index contributed by atoms with van der Waals surface area (Å²) < 4.78 is 29.8. The second-order valence-corrected chi connectivity index (χ2v) is 4.63. The van der Waals surface area contributed by atoms with Gasteiger partial charge in [0.1, 0.15) is 6.10 Å². The Labute approximate surface area is 88.7 Å². The fraction of sp³-hybridized carbons (Fsp3) is 0.625. The zero-order chi connectivity index (χ0) is 11.9. The minimum atomic E-state index is -3.20. The normalized spacial score (nSPS) is 13.9. The third kappa shape index (κ3) is 5.57. The van der Waals surface area contributed by atoms with Crippen molar-refractivity contribution in [3.05, 3.63) is 11.9 Å². The highest BCUT2D eigenvalue weighted by Crippen LogP contribution is 2.47. The highest BCUT2D eigenvalue weighted by Gasteiger charge is 2.16. The number of methoxy groups -OCH3 is 1.